The summed E-state index contributed by atoms with van der Waals surface area (Å²) in [6.07, 6.45) is 0. The van der Waals surface area contributed by atoms with Crippen molar-refractivity contribution in [2.75, 3.05) is 64.4 Å². The maximum atomic E-state index is 10.5. The summed E-state index contributed by atoms with van der Waals surface area (Å²) >= 11 is 0. The van der Waals surface area contributed by atoms with Crippen molar-refractivity contribution in [3.8, 4) is 17.0 Å². The van der Waals surface area contributed by atoms with Crippen LogP contribution in [0.4, 0.5) is 5.82 Å². The molecule has 2 atom stereocenters. The van der Waals surface area contributed by atoms with Gasteiger partial charge in [-0.2, -0.15) is 16.8 Å². The lowest BCUT2D eigenvalue weighted by molar-refractivity contribution is 0.223. The Morgan fingerprint density at radius 1 is 0.706 bits per heavy atom. The number of aromatic nitrogens is 2. The van der Waals surface area contributed by atoms with Crippen LogP contribution < -0.4 is 9.64 Å². The van der Waals surface area contributed by atoms with Crippen molar-refractivity contribution in [2.24, 2.45) is 11.8 Å². The van der Waals surface area contributed by atoms with Crippen molar-refractivity contribution in [3.05, 3.63) is 96.1 Å². The van der Waals surface area contributed by atoms with Crippen molar-refractivity contribution >= 4 is 26.1 Å². The van der Waals surface area contributed by atoms with Gasteiger partial charge in [-0.25, -0.2) is 0 Å². The quantitative estimate of drug-likeness (QED) is 0.202. The third-order valence-electron chi connectivity index (χ3n) is 9.00. The molecule has 2 unspecified atom stereocenters. The van der Waals surface area contributed by atoms with Gasteiger partial charge in [0.2, 0.25) is 0 Å². The van der Waals surface area contributed by atoms with Crippen LogP contribution in [-0.4, -0.2) is 105 Å². The van der Waals surface area contributed by atoms with Gasteiger partial charge >= 0.3 is 0 Å². The Bertz CT molecular complexity index is 1800. The van der Waals surface area contributed by atoms with Crippen LogP contribution in [-0.2, 0) is 20.2 Å². The molecule has 0 saturated carbocycles. The van der Waals surface area contributed by atoms with Gasteiger partial charge in [0.1, 0.15) is 12.4 Å². The largest absolute Gasteiger partial charge is 0.492 e. The van der Waals surface area contributed by atoms with Gasteiger partial charge < -0.3 is 19.4 Å². The van der Waals surface area contributed by atoms with E-state index in [0.29, 0.717) is 6.61 Å². The number of benzene rings is 3. The zero-order valence-corrected chi connectivity index (χ0v) is 31.5. The molecule has 2 saturated heterocycles. The van der Waals surface area contributed by atoms with E-state index in [-0.39, 0.29) is 9.79 Å². The first-order valence-electron chi connectivity index (χ1n) is 17.0. The average molecular weight is 740 g/mol. The fraction of sp³-hybridized carbons (Fsp3) is 0.405. The number of anilines is 1. The molecule has 2 aliphatic heterocycles. The van der Waals surface area contributed by atoms with Gasteiger partial charge in [0, 0.05) is 38.3 Å². The van der Waals surface area contributed by atoms with Crippen LogP contribution in [0.2, 0.25) is 0 Å². The van der Waals surface area contributed by atoms with Crippen LogP contribution >= 0.6 is 0 Å². The molecule has 3 aromatic carbocycles. The molecule has 1 aromatic heterocycles. The summed E-state index contributed by atoms with van der Waals surface area (Å²) in [7, 11) is -5.82. The predicted molar refractivity (Wildman–Crippen MR) is 199 cm³/mol. The Labute approximate surface area is 302 Å². The molecule has 0 spiro atoms. The Kier molecular flexibility index (Phi) is 14.1. The highest BCUT2D eigenvalue weighted by molar-refractivity contribution is 7.86. The summed E-state index contributed by atoms with van der Waals surface area (Å²) in [4.78, 5) is 7.06. The summed E-state index contributed by atoms with van der Waals surface area (Å²) in [6.45, 7) is 16.4. The number of likely N-dealkylation sites (tertiary alicyclic amines) is 1. The van der Waals surface area contributed by atoms with Gasteiger partial charge in [0.25, 0.3) is 20.2 Å². The first-order chi connectivity index (χ1) is 24.2. The van der Waals surface area contributed by atoms with E-state index < -0.39 is 20.2 Å². The molecule has 4 aromatic rings. The molecule has 51 heavy (non-hydrogen) atoms. The Morgan fingerprint density at radius 2 is 1.20 bits per heavy atom. The summed E-state index contributed by atoms with van der Waals surface area (Å²) in [6, 6.07) is 24.3. The van der Waals surface area contributed by atoms with Crippen LogP contribution in [0, 0.1) is 25.7 Å². The second-order valence-corrected chi connectivity index (χ2v) is 15.7. The Hall–Kier alpha value is -3.92. The predicted octanol–water partition coefficient (Wildman–Crippen LogP) is 5.35. The molecule has 6 rings (SSSR count). The van der Waals surface area contributed by atoms with Crippen LogP contribution in [0.1, 0.15) is 25.0 Å². The first kappa shape index (κ1) is 39.9. The monoisotopic (exact) mass is 739 g/mol. The fourth-order valence-electron chi connectivity index (χ4n) is 6.04. The topological polar surface area (TPSA) is 153 Å². The number of hydrogen-bond acceptors (Lipinski definition) is 10. The SMILES string of the molecule is CCN(CC)CCOc1ccc(-c2ccc(N3CC4CN(C)CC4C3)nn2)cc1.Cc1ccc(S(=O)(=O)O)cc1.Cc1ccc(S(=O)(=O)O)cc1. The van der Waals surface area contributed by atoms with Crippen molar-refractivity contribution in [2.45, 2.75) is 37.5 Å². The number of nitrogens with zero attached hydrogens (tertiary/aromatic N) is 5. The van der Waals surface area contributed by atoms with Crippen molar-refractivity contribution in [3.63, 3.8) is 0 Å². The smallest absolute Gasteiger partial charge is 0.294 e. The summed E-state index contributed by atoms with van der Waals surface area (Å²) in [5.74, 6) is 3.45. The average Bonchev–Trinajstić information content (AvgIpc) is 3.65. The molecule has 2 fully saturated rings. The molecule has 12 nitrogen and oxygen atoms in total. The van der Waals surface area contributed by atoms with Gasteiger partial charge in [0.15, 0.2) is 5.82 Å². The maximum absolute atomic E-state index is 10.5. The first-order valence-corrected chi connectivity index (χ1v) is 19.8. The number of hydrogen-bond donors (Lipinski definition) is 2. The third-order valence-corrected chi connectivity index (χ3v) is 10.7. The highest BCUT2D eigenvalue weighted by Crippen LogP contribution is 2.32. The number of likely N-dealkylation sites (N-methyl/N-ethyl adjacent to an activating group) is 1. The molecular formula is C37H49N5O7S2. The van der Waals surface area contributed by atoms with Gasteiger partial charge in [-0.3, -0.25) is 9.11 Å². The summed E-state index contributed by atoms with van der Waals surface area (Å²) in [5.41, 5.74) is 3.89. The van der Waals surface area contributed by atoms with Crippen molar-refractivity contribution in [1.29, 1.82) is 0 Å². The van der Waals surface area contributed by atoms with E-state index in [1.54, 1.807) is 24.3 Å². The van der Waals surface area contributed by atoms with Crippen LogP contribution in [0.15, 0.2) is 94.7 Å². The van der Waals surface area contributed by atoms with Crippen molar-refractivity contribution < 1.29 is 30.7 Å². The molecule has 0 aliphatic carbocycles. The molecule has 276 valence electrons. The van der Waals surface area contributed by atoms with E-state index in [9.17, 15) is 16.8 Å². The Morgan fingerprint density at radius 3 is 1.61 bits per heavy atom. The summed E-state index contributed by atoms with van der Waals surface area (Å²) in [5, 5.41) is 9.01. The fourth-order valence-corrected chi connectivity index (χ4v) is 7.00. The lowest BCUT2D eigenvalue weighted by atomic mass is 10.0. The number of aryl methyl sites for hydroxylation is 2. The van der Waals surface area contributed by atoms with Crippen LogP contribution in [0.25, 0.3) is 11.3 Å². The molecule has 0 amide bonds. The van der Waals surface area contributed by atoms with Gasteiger partial charge in [-0.15, -0.1) is 10.2 Å². The molecule has 2 aliphatic rings. The standard InChI is InChI=1S/C23H33N5O.2C7H8O3S/c1-4-27(5-2)12-13-29-21-8-6-18(7-9-21)22-10-11-23(25-24-22)28-16-19-14-26(3)15-20(19)17-28;2*1-6-2-4-7(5-3-6)11(8,9)10/h6-11,19-20H,4-5,12-17H2,1-3H3;2*2-5H,1H3,(H,8,9,10). The van der Waals surface area contributed by atoms with Gasteiger partial charge in [-0.05, 0) is 106 Å². The molecule has 2 N–H and O–H groups in total. The second kappa shape index (κ2) is 18.0. The molecule has 0 radical (unpaired) electrons. The normalized spacial score (nSPS) is 17.3. The lowest BCUT2D eigenvalue weighted by Gasteiger charge is -2.19. The van der Waals surface area contributed by atoms with E-state index >= 15 is 0 Å². The number of fused-ring (bicyclic) bond motifs is 1. The molecule has 14 heteroatoms. The van der Waals surface area contributed by atoms with Gasteiger partial charge in [-0.1, -0.05) is 49.2 Å². The summed E-state index contributed by atoms with van der Waals surface area (Å²) < 4.78 is 65.0. The lowest BCUT2D eigenvalue weighted by Crippen LogP contribution is -2.27. The minimum atomic E-state index is -4.02. The third kappa shape index (κ3) is 12.1. The minimum Gasteiger partial charge on any atom is -0.492 e. The van der Waals surface area contributed by atoms with Crippen LogP contribution in [0.5, 0.6) is 5.75 Å². The highest BCUT2D eigenvalue weighted by Gasteiger charge is 2.39. The van der Waals surface area contributed by atoms with Crippen LogP contribution in [0.3, 0.4) is 0 Å². The van der Waals surface area contributed by atoms with Crippen molar-refractivity contribution in [1.82, 2.24) is 20.0 Å². The van der Waals surface area contributed by atoms with E-state index in [1.807, 2.05) is 26.0 Å². The van der Waals surface area contributed by atoms with E-state index in [0.717, 1.165) is 78.5 Å². The van der Waals surface area contributed by atoms with E-state index in [2.05, 4.69) is 70.1 Å². The van der Waals surface area contributed by atoms with E-state index in [4.69, 9.17) is 13.8 Å². The minimum absolute atomic E-state index is 0.0666. The maximum Gasteiger partial charge on any atom is 0.294 e. The molecular weight excluding hydrogens is 691 g/mol. The number of rotatable bonds is 10. The number of ether oxygens (including phenoxy) is 1. The van der Waals surface area contributed by atoms with Gasteiger partial charge in [0.05, 0.1) is 15.5 Å². The molecule has 0 bridgehead atoms. The zero-order valence-electron chi connectivity index (χ0n) is 29.9. The molecule has 3 heterocycles. The highest BCUT2D eigenvalue weighted by atomic mass is 32.2. The van der Waals surface area contributed by atoms with E-state index in [1.165, 1.54) is 37.4 Å². The zero-order chi connectivity index (χ0) is 37.2. The second-order valence-electron chi connectivity index (χ2n) is 12.9. The Balaban J connectivity index is 0.000000216.